The smallest absolute Gasteiger partial charge is 0.260 e. The molecule has 2 aromatic rings. The molecule has 3 rings (SSSR count). The Morgan fingerprint density at radius 1 is 1.08 bits per heavy atom. The molecule has 0 bridgehead atoms. The summed E-state index contributed by atoms with van der Waals surface area (Å²) < 4.78 is 30.8. The van der Waals surface area contributed by atoms with Gasteiger partial charge in [0, 0.05) is 6.04 Å². The van der Waals surface area contributed by atoms with Crippen LogP contribution in [0.25, 0.3) is 0 Å². The van der Waals surface area contributed by atoms with Crippen LogP contribution in [0.15, 0.2) is 47.6 Å². The average Bonchev–Trinajstić information content (AvgIpc) is 2.84. The Hall–Kier alpha value is -2.82. The minimum absolute atomic E-state index is 0.0228. The standard InChI is InChI=1S/C24H28Cl2N4O5S/c1-36(33,34)30(21-9-5-8-20(25)24(21)26)15-22(31)29-27-14-17-10-12-19(13-11-17)35-16-23(32)28-18-6-3-2-4-7-18/h5,8-14,18H,2-4,6-7,15-16H2,1H3,(H,28,32)(H,29,31)/b27-14-. The minimum atomic E-state index is -3.82. The molecule has 2 aromatic carbocycles. The maximum Gasteiger partial charge on any atom is 0.260 e. The van der Waals surface area contributed by atoms with E-state index in [2.05, 4.69) is 15.8 Å². The summed E-state index contributed by atoms with van der Waals surface area (Å²) in [7, 11) is -3.82. The fourth-order valence-corrected chi connectivity index (χ4v) is 5.03. The van der Waals surface area contributed by atoms with E-state index in [1.54, 1.807) is 24.3 Å². The Morgan fingerprint density at radius 2 is 1.78 bits per heavy atom. The molecule has 1 fully saturated rings. The van der Waals surface area contributed by atoms with Crippen LogP contribution in [0.1, 0.15) is 37.7 Å². The highest BCUT2D eigenvalue weighted by Crippen LogP contribution is 2.33. The zero-order chi connectivity index (χ0) is 26.1. The molecule has 1 aliphatic carbocycles. The number of amides is 2. The van der Waals surface area contributed by atoms with Crippen molar-refractivity contribution in [3.63, 3.8) is 0 Å². The quantitative estimate of drug-likeness (QED) is 0.342. The third kappa shape index (κ3) is 8.39. The highest BCUT2D eigenvalue weighted by Gasteiger charge is 2.23. The van der Waals surface area contributed by atoms with Crippen molar-refractivity contribution >= 4 is 56.9 Å². The molecule has 36 heavy (non-hydrogen) atoms. The van der Waals surface area contributed by atoms with Crippen LogP contribution in [0.2, 0.25) is 10.0 Å². The van der Waals surface area contributed by atoms with Crippen LogP contribution in [0, 0.1) is 0 Å². The van der Waals surface area contributed by atoms with Gasteiger partial charge in [0.15, 0.2) is 6.61 Å². The van der Waals surface area contributed by atoms with Gasteiger partial charge < -0.3 is 10.1 Å². The van der Waals surface area contributed by atoms with E-state index in [1.165, 1.54) is 30.8 Å². The third-order valence-electron chi connectivity index (χ3n) is 5.51. The number of ether oxygens (including phenoxy) is 1. The van der Waals surface area contributed by atoms with Gasteiger partial charge in [-0.2, -0.15) is 5.10 Å². The summed E-state index contributed by atoms with van der Waals surface area (Å²) >= 11 is 12.1. The Bertz CT molecular complexity index is 1200. The van der Waals surface area contributed by atoms with Crippen molar-refractivity contribution in [1.82, 2.24) is 10.7 Å². The highest BCUT2D eigenvalue weighted by atomic mass is 35.5. The fourth-order valence-electron chi connectivity index (χ4n) is 3.73. The number of anilines is 1. The molecule has 194 valence electrons. The number of hydrogen-bond donors (Lipinski definition) is 2. The lowest BCUT2D eigenvalue weighted by Gasteiger charge is -2.22. The van der Waals surface area contributed by atoms with Crippen molar-refractivity contribution in [2.75, 3.05) is 23.7 Å². The maximum absolute atomic E-state index is 12.3. The second-order valence-electron chi connectivity index (χ2n) is 8.40. The molecule has 0 heterocycles. The predicted octanol–water partition coefficient (Wildman–Crippen LogP) is 3.74. The molecule has 0 unspecified atom stereocenters. The summed E-state index contributed by atoms with van der Waals surface area (Å²) in [5, 5.41) is 7.05. The molecule has 0 atom stereocenters. The monoisotopic (exact) mass is 554 g/mol. The van der Waals surface area contributed by atoms with Gasteiger partial charge in [-0.25, -0.2) is 13.8 Å². The molecule has 12 heteroatoms. The molecule has 2 N–H and O–H groups in total. The van der Waals surface area contributed by atoms with Crippen molar-refractivity contribution in [3.05, 3.63) is 58.1 Å². The van der Waals surface area contributed by atoms with Crippen LogP contribution in [0.4, 0.5) is 5.69 Å². The number of sulfonamides is 1. The molecule has 0 radical (unpaired) electrons. The van der Waals surface area contributed by atoms with Gasteiger partial charge in [-0.3, -0.25) is 13.9 Å². The molecular formula is C24H28Cl2N4O5S. The summed E-state index contributed by atoms with van der Waals surface area (Å²) in [4.78, 5) is 24.4. The SMILES string of the molecule is CS(=O)(=O)N(CC(=O)N/N=C\c1ccc(OCC(=O)NC2CCCCC2)cc1)c1cccc(Cl)c1Cl. The van der Waals surface area contributed by atoms with E-state index in [1.807, 2.05) is 0 Å². The van der Waals surface area contributed by atoms with Gasteiger partial charge in [0.25, 0.3) is 11.8 Å². The lowest BCUT2D eigenvalue weighted by Crippen LogP contribution is -2.39. The van der Waals surface area contributed by atoms with E-state index in [-0.39, 0.29) is 34.3 Å². The van der Waals surface area contributed by atoms with Gasteiger partial charge >= 0.3 is 0 Å². The summed E-state index contributed by atoms with van der Waals surface area (Å²) in [6.07, 6.45) is 7.88. The number of carbonyl (C=O) groups excluding carboxylic acids is 2. The van der Waals surface area contributed by atoms with Crippen LogP contribution in [0.5, 0.6) is 5.75 Å². The molecule has 1 saturated carbocycles. The molecule has 0 aromatic heterocycles. The van der Waals surface area contributed by atoms with Crippen LogP contribution in [-0.2, 0) is 19.6 Å². The van der Waals surface area contributed by atoms with E-state index in [0.29, 0.717) is 11.3 Å². The topological polar surface area (TPSA) is 117 Å². The minimum Gasteiger partial charge on any atom is -0.484 e. The van der Waals surface area contributed by atoms with E-state index in [4.69, 9.17) is 27.9 Å². The third-order valence-corrected chi connectivity index (χ3v) is 7.45. The first kappa shape index (κ1) is 27.8. The van der Waals surface area contributed by atoms with Crippen molar-refractivity contribution in [2.24, 2.45) is 5.10 Å². The number of rotatable bonds is 10. The number of hydrogen-bond acceptors (Lipinski definition) is 6. The second kappa shape index (κ2) is 12.9. The average molecular weight is 555 g/mol. The maximum atomic E-state index is 12.3. The zero-order valence-electron chi connectivity index (χ0n) is 19.7. The summed E-state index contributed by atoms with van der Waals surface area (Å²) in [6.45, 7) is -0.598. The van der Waals surface area contributed by atoms with Gasteiger partial charge in [0.1, 0.15) is 12.3 Å². The molecule has 9 nitrogen and oxygen atoms in total. The van der Waals surface area contributed by atoms with E-state index >= 15 is 0 Å². The molecule has 1 aliphatic rings. The zero-order valence-corrected chi connectivity index (χ0v) is 22.1. The Labute approximate surface area is 220 Å². The van der Waals surface area contributed by atoms with Crippen molar-refractivity contribution in [3.8, 4) is 5.75 Å². The highest BCUT2D eigenvalue weighted by molar-refractivity contribution is 7.92. The lowest BCUT2D eigenvalue weighted by atomic mass is 9.95. The van der Waals surface area contributed by atoms with Gasteiger partial charge in [0.2, 0.25) is 10.0 Å². The number of hydrazone groups is 1. The summed E-state index contributed by atoms with van der Waals surface area (Å²) in [6, 6.07) is 11.5. The normalized spacial score (nSPS) is 14.4. The number of carbonyl (C=O) groups is 2. The first-order valence-electron chi connectivity index (χ1n) is 11.4. The van der Waals surface area contributed by atoms with Gasteiger partial charge in [-0.1, -0.05) is 48.5 Å². The van der Waals surface area contributed by atoms with E-state index in [0.717, 1.165) is 36.2 Å². The molecule has 2 amide bonds. The van der Waals surface area contributed by atoms with Gasteiger partial charge in [-0.05, 0) is 54.8 Å². The van der Waals surface area contributed by atoms with Crippen molar-refractivity contribution in [2.45, 2.75) is 38.1 Å². The fraction of sp³-hybridized carbons (Fsp3) is 0.375. The van der Waals surface area contributed by atoms with Crippen LogP contribution >= 0.6 is 23.2 Å². The van der Waals surface area contributed by atoms with Crippen molar-refractivity contribution < 1.29 is 22.7 Å². The van der Waals surface area contributed by atoms with Crippen LogP contribution in [0.3, 0.4) is 0 Å². The van der Waals surface area contributed by atoms with E-state index in [9.17, 15) is 18.0 Å². The summed E-state index contributed by atoms with van der Waals surface area (Å²) in [5.41, 5.74) is 3.05. The number of nitrogens with one attached hydrogen (secondary N) is 2. The first-order chi connectivity index (χ1) is 17.1. The van der Waals surface area contributed by atoms with E-state index < -0.39 is 22.5 Å². The Morgan fingerprint density at radius 3 is 2.44 bits per heavy atom. The van der Waals surface area contributed by atoms with Crippen LogP contribution in [-0.4, -0.2) is 51.9 Å². The number of benzene rings is 2. The first-order valence-corrected chi connectivity index (χ1v) is 14.0. The second-order valence-corrected chi connectivity index (χ2v) is 11.1. The molecule has 0 spiro atoms. The lowest BCUT2D eigenvalue weighted by molar-refractivity contribution is -0.124. The molecule has 0 saturated heterocycles. The predicted molar refractivity (Wildman–Crippen MR) is 141 cm³/mol. The number of halogens is 2. The molecule has 0 aliphatic heterocycles. The van der Waals surface area contributed by atoms with Crippen molar-refractivity contribution in [1.29, 1.82) is 0 Å². The molecular weight excluding hydrogens is 527 g/mol. The Kier molecular flexibility index (Phi) is 9.98. The van der Waals surface area contributed by atoms with Gasteiger partial charge in [0.05, 0.1) is 28.2 Å². The number of nitrogens with zero attached hydrogens (tertiary/aromatic N) is 2. The summed E-state index contributed by atoms with van der Waals surface area (Å²) in [5.74, 6) is -0.286. The largest absolute Gasteiger partial charge is 0.484 e. The Balaban J connectivity index is 1.49. The van der Waals surface area contributed by atoms with Gasteiger partial charge in [-0.15, -0.1) is 0 Å². The van der Waals surface area contributed by atoms with Crippen LogP contribution < -0.4 is 19.8 Å².